The number of rotatable bonds is 12. The van der Waals surface area contributed by atoms with Crippen LogP contribution in [0, 0.1) is 17.3 Å². The number of methoxy groups -OCH3 is 1. The number of aromatic nitrogens is 1. The lowest BCUT2D eigenvalue weighted by molar-refractivity contribution is -0.148. The Labute approximate surface area is 342 Å². The van der Waals surface area contributed by atoms with Crippen molar-refractivity contribution in [3.63, 3.8) is 0 Å². The number of sulfonamides is 1. The molecule has 4 amide bonds. The molecule has 6 rings (SSSR count). The molecule has 0 radical (unpaired) electrons. The van der Waals surface area contributed by atoms with Crippen molar-refractivity contribution in [3.05, 3.63) is 67.3 Å². The van der Waals surface area contributed by atoms with E-state index in [0.29, 0.717) is 41.2 Å². The van der Waals surface area contributed by atoms with Gasteiger partial charge in [-0.2, -0.15) is 0 Å². The van der Waals surface area contributed by atoms with Crippen LogP contribution in [0.15, 0.2) is 67.3 Å². The highest BCUT2D eigenvalue weighted by Gasteiger charge is 2.62. The number of pyridine rings is 1. The number of piperidine rings is 1. The van der Waals surface area contributed by atoms with Crippen molar-refractivity contribution in [3.8, 4) is 22.8 Å². The third-order valence-corrected chi connectivity index (χ3v) is 13.8. The van der Waals surface area contributed by atoms with Gasteiger partial charge < -0.3 is 24.6 Å². The second-order valence-electron chi connectivity index (χ2n) is 17.9. The van der Waals surface area contributed by atoms with E-state index in [0.717, 1.165) is 24.8 Å². The predicted molar refractivity (Wildman–Crippen MR) is 222 cm³/mol. The lowest BCUT2D eigenvalue weighted by Gasteiger charge is -2.36. The minimum atomic E-state index is -4.11. The normalized spacial score (nSPS) is 22.8. The van der Waals surface area contributed by atoms with E-state index in [1.165, 1.54) is 31.7 Å². The largest absolute Gasteiger partial charge is 0.497 e. The molecular weight excluding hydrogens is 759 g/mol. The minimum Gasteiger partial charge on any atom is -0.497 e. The summed E-state index contributed by atoms with van der Waals surface area (Å²) in [4.78, 5) is 65.1. The van der Waals surface area contributed by atoms with Crippen LogP contribution < -0.4 is 19.5 Å². The van der Waals surface area contributed by atoms with Crippen LogP contribution in [0.2, 0.25) is 0 Å². The third-order valence-electron chi connectivity index (χ3n) is 11.7. The summed E-state index contributed by atoms with van der Waals surface area (Å²) in [6.45, 7) is 15.3. The van der Waals surface area contributed by atoms with E-state index < -0.39 is 61.5 Å². The summed E-state index contributed by atoms with van der Waals surface area (Å²) in [5.41, 5.74) is -0.0866. The van der Waals surface area contributed by atoms with Crippen molar-refractivity contribution in [1.29, 1.82) is 0 Å². The Morgan fingerprint density at radius 1 is 1.00 bits per heavy atom. The van der Waals surface area contributed by atoms with Gasteiger partial charge in [0, 0.05) is 54.9 Å². The average Bonchev–Trinajstić information content (AvgIpc) is 3.74. The van der Waals surface area contributed by atoms with Gasteiger partial charge in [-0.1, -0.05) is 57.2 Å². The molecule has 3 aromatic rings. The molecule has 2 aliphatic heterocycles. The van der Waals surface area contributed by atoms with Gasteiger partial charge in [-0.15, -0.1) is 6.58 Å². The summed E-state index contributed by atoms with van der Waals surface area (Å²) >= 11 is 0. The first-order chi connectivity index (χ1) is 27.3. The van der Waals surface area contributed by atoms with Crippen LogP contribution in [-0.4, -0.2) is 96.0 Å². The van der Waals surface area contributed by atoms with Crippen molar-refractivity contribution in [1.82, 2.24) is 24.8 Å². The average molecular weight is 816 g/mol. The van der Waals surface area contributed by atoms with E-state index in [4.69, 9.17) is 14.5 Å². The number of hydrogen-bond acceptors (Lipinski definition) is 9. The smallest absolute Gasteiger partial charge is 0.259 e. The summed E-state index contributed by atoms with van der Waals surface area (Å²) in [6.07, 6.45) is 3.88. The van der Waals surface area contributed by atoms with Crippen LogP contribution in [-0.2, 0) is 29.2 Å². The van der Waals surface area contributed by atoms with Crippen molar-refractivity contribution in [2.75, 3.05) is 26.7 Å². The first-order valence-corrected chi connectivity index (χ1v) is 21.6. The van der Waals surface area contributed by atoms with Gasteiger partial charge in [-0.25, -0.2) is 13.4 Å². The fourth-order valence-electron chi connectivity index (χ4n) is 7.83. The highest BCUT2D eigenvalue weighted by molar-refractivity contribution is 7.91. The van der Waals surface area contributed by atoms with E-state index in [1.807, 2.05) is 80.3 Å². The van der Waals surface area contributed by atoms with Crippen molar-refractivity contribution < 1.29 is 37.1 Å². The minimum absolute atomic E-state index is 0.0184. The maximum absolute atomic E-state index is 14.9. The Bertz CT molecular complexity index is 2170. The predicted octanol–water partition coefficient (Wildman–Crippen LogP) is 5.63. The highest BCUT2D eigenvalue weighted by atomic mass is 32.2. The van der Waals surface area contributed by atoms with Crippen LogP contribution >= 0.6 is 0 Å². The number of hydrogen-bond donors (Lipinski definition) is 2. The number of likely N-dealkylation sites (tertiary alicyclic amines) is 2. The molecule has 2 saturated heterocycles. The van der Waals surface area contributed by atoms with Crippen LogP contribution in [0.1, 0.15) is 80.1 Å². The number of amides is 4. The van der Waals surface area contributed by atoms with Gasteiger partial charge in [0.15, 0.2) is 0 Å². The summed E-state index contributed by atoms with van der Waals surface area (Å²) in [5.74, 6) is -2.17. The Hall–Kier alpha value is -4.98. The van der Waals surface area contributed by atoms with Crippen LogP contribution in [0.3, 0.4) is 0 Å². The van der Waals surface area contributed by atoms with Gasteiger partial charge in [-0.3, -0.25) is 23.9 Å². The summed E-state index contributed by atoms with van der Waals surface area (Å²) in [5, 5.41) is 3.56. The zero-order chi connectivity index (χ0) is 42.2. The molecule has 2 N–H and O–H groups in total. The Morgan fingerprint density at radius 3 is 2.29 bits per heavy atom. The molecule has 58 heavy (non-hydrogen) atoms. The van der Waals surface area contributed by atoms with Gasteiger partial charge in [0.05, 0.1) is 35.5 Å². The fourth-order valence-corrected chi connectivity index (χ4v) is 8.56. The number of carbonyl (C=O) groups is 4. The number of nitrogens with one attached hydrogen (secondary N) is 2. The van der Waals surface area contributed by atoms with Crippen molar-refractivity contribution in [2.24, 2.45) is 17.3 Å². The zero-order valence-electron chi connectivity index (χ0n) is 34.7. The second-order valence-corrected chi connectivity index (χ2v) is 20.3. The molecule has 0 unspecified atom stereocenters. The number of benzene rings is 2. The van der Waals surface area contributed by atoms with E-state index >= 15 is 0 Å². The Kier molecular flexibility index (Phi) is 12.0. The third kappa shape index (κ3) is 8.86. The number of ether oxygens (including phenoxy) is 2. The summed E-state index contributed by atoms with van der Waals surface area (Å²) in [7, 11) is -2.53. The molecule has 14 heteroatoms. The highest BCUT2D eigenvalue weighted by Crippen LogP contribution is 2.46. The monoisotopic (exact) mass is 815 g/mol. The van der Waals surface area contributed by atoms with E-state index in [9.17, 15) is 27.6 Å². The second kappa shape index (κ2) is 16.3. The topological polar surface area (TPSA) is 164 Å². The standard InChI is InChI=1S/C44H57N5O8S/c1-9-29-26-44(29,41(53)47-58(54,55)43(5,6)7)46-39(51)36-23-31(27-49(36)40(52)33(42(2,3)4)24-38(50)48-20-14-11-15-21-48)57-37-25-34(28-16-12-10-13-17-28)45-35-22-30(56-8)18-19-32(35)37/h9-10,12-13,16-19,22,25,29,31,33,36H,1,11,14-15,20-21,23-24,26-27H2,2-8H3,(H,46,51)(H,47,53)/t29-,31+,33+,36-,44+/m0/s1. The van der Waals surface area contributed by atoms with Gasteiger partial charge in [0.1, 0.15) is 29.2 Å². The van der Waals surface area contributed by atoms with Gasteiger partial charge in [0.25, 0.3) is 5.91 Å². The molecule has 2 aromatic carbocycles. The fraction of sp³-hybridized carbons (Fsp3) is 0.523. The number of carbonyl (C=O) groups excluding carboxylic acids is 4. The van der Waals surface area contributed by atoms with Crippen molar-refractivity contribution >= 4 is 44.6 Å². The molecule has 0 bridgehead atoms. The van der Waals surface area contributed by atoms with Gasteiger partial charge in [-0.05, 0) is 64.0 Å². The quantitative estimate of drug-likeness (QED) is 0.221. The Morgan fingerprint density at radius 2 is 1.69 bits per heavy atom. The maximum Gasteiger partial charge on any atom is 0.259 e. The molecule has 13 nitrogen and oxygen atoms in total. The van der Waals surface area contributed by atoms with Crippen LogP contribution in [0.5, 0.6) is 11.5 Å². The van der Waals surface area contributed by atoms with Crippen molar-refractivity contribution in [2.45, 2.75) is 102 Å². The molecule has 1 aliphatic carbocycles. The molecular formula is C44H57N5O8S. The number of nitrogens with zero attached hydrogens (tertiary/aromatic N) is 3. The SMILES string of the molecule is C=C[C@H]1C[C@]1(NC(=O)[C@@H]1C[C@@H](Oc2cc(-c3ccccc3)nc3cc(OC)ccc23)CN1C(=O)[C@@H](CC(=O)N1CCCCC1)C(C)(C)C)C(=O)NS(=O)(=O)C(C)(C)C. The molecule has 0 spiro atoms. The maximum atomic E-state index is 14.9. The molecule has 312 valence electrons. The summed E-state index contributed by atoms with van der Waals surface area (Å²) < 4.78 is 39.3. The summed E-state index contributed by atoms with van der Waals surface area (Å²) in [6, 6.07) is 15.9. The van der Waals surface area contributed by atoms with Crippen LogP contribution in [0.4, 0.5) is 0 Å². The van der Waals surface area contributed by atoms with E-state index in [1.54, 1.807) is 7.11 Å². The molecule has 3 fully saturated rings. The first-order valence-electron chi connectivity index (χ1n) is 20.1. The van der Waals surface area contributed by atoms with E-state index in [2.05, 4.69) is 16.6 Å². The molecule has 3 aliphatic rings. The molecule has 5 atom stereocenters. The molecule has 1 saturated carbocycles. The Balaban J connectivity index is 1.35. The molecule has 3 heterocycles. The van der Waals surface area contributed by atoms with Gasteiger partial charge in [0.2, 0.25) is 27.7 Å². The molecule has 1 aromatic heterocycles. The lowest BCUT2D eigenvalue weighted by Crippen LogP contribution is -2.58. The number of fused-ring (bicyclic) bond motifs is 1. The van der Waals surface area contributed by atoms with Crippen LogP contribution in [0.25, 0.3) is 22.2 Å². The lowest BCUT2D eigenvalue weighted by atomic mass is 9.77. The first kappa shape index (κ1) is 42.6. The van der Waals surface area contributed by atoms with E-state index in [-0.39, 0.29) is 37.6 Å². The zero-order valence-corrected chi connectivity index (χ0v) is 35.5. The van der Waals surface area contributed by atoms with Gasteiger partial charge >= 0.3 is 0 Å².